The molecule has 0 bridgehead atoms. The second-order valence-electron chi connectivity index (χ2n) is 7.69. The van der Waals surface area contributed by atoms with Crippen LogP contribution in [0.4, 0.5) is 0 Å². The van der Waals surface area contributed by atoms with Gasteiger partial charge in [0.1, 0.15) is 0 Å². The third-order valence-corrected chi connectivity index (χ3v) is 5.95. The molecule has 2 saturated carbocycles. The Hall–Kier alpha value is -0.820. The Bertz CT molecular complexity index is 462. The van der Waals surface area contributed by atoms with Gasteiger partial charge >= 0.3 is 0 Å². The Morgan fingerprint density at radius 1 is 1.05 bits per heavy atom. The van der Waals surface area contributed by atoms with Gasteiger partial charge < -0.3 is 5.32 Å². The van der Waals surface area contributed by atoms with E-state index in [1.54, 1.807) is 5.56 Å². The summed E-state index contributed by atoms with van der Waals surface area (Å²) in [5, 5.41) is 3.73. The molecule has 3 rings (SSSR count). The van der Waals surface area contributed by atoms with E-state index in [1.807, 2.05) is 0 Å². The summed E-state index contributed by atoms with van der Waals surface area (Å²) >= 11 is 0. The summed E-state index contributed by atoms with van der Waals surface area (Å²) in [6.07, 6.45) is 11.4. The summed E-state index contributed by atoms with van der Waals surface area (Å²) in [5.74, 6) is 0. The molecule has 116 valence electrons. The molecule has 1 nitrogen and oxygen atoms in total. The first kappa shape index (κ1) is 15.1. The van der Waals surface area contributed by atoms with Crippen molar-refractivity contribution in [2.75, 3.05) is 13.1 Å². The van der Waals surface area contributed by atoms with Crippen molar-refractivity contribution in [3.8, 4) is 0 Å². The van der Waals surface area contributed by atoms with Crippen molar-refractivity contribution in [3.63, 3.8) is 0 Å². The van der Waals surface area contributed by atoms with Crippen LogP contribution in [0.15, 0.2) is 24.3 Å². The molecule has 2 aliphatic rings. The molecule has 1 heteroatoms. The van der Waals surface area contributed by atoms with Crippen LogP contribution in [0.3, 0.4) is 0 Å². The molecule has 1 aromatic carbocycles. The molecule has 1 aromatic rings. The molecule has 0 unspecified atom stereocenters. The van der Waals surface area contributed by atoms with Crippen LogP contribution in [0.25, 0.3) is 0 Å². The zero-order chi connectivity index (χ0) is 14.8. The van der Waals surface area contributed by atoms with Crippen LogP contribution in [0.1, 0.15) is 69.4 Å². The minimum Gasteiger partial charge on any atom is -0.316 e. The third-order valence-electron chi connectivity index (χ3n) is 5.95. The van der Waals surface area contributed by atoms with Crippen LogP contribution in [0.5, 0.6) is 0 Å². The van der Waals surface area contributed by atoms with Crippen LogP contribution in [0, 0.1) is 12.3 Å². The molecular weight excluding hydrogens is 254 g/mol. The molecule has 0 heterocycles. The van der Waals surface area contributed by atoms with Crippen LogP contribution >= 0.6 is 0 Å². The summed E-state index contributed by atoms with van der Waals surface area (Å²) in [6.45, 7) is 6.88. The molecule has 2 fully saturated rings. The van der Waals surface area contributed by atoms with E-state index >= 15 is 0 Å². The van der Waals surface area contributed by atoms with E-state index in [0.29, 0.717) is 10.8 Å². The van der Waals surface area contributed by atoms with E-state index in [9.17, 15) is 0 Å². The van der Waals surface area contributed by atoms with E-state index in [-0.39, 0.29) is 0 Å². The first-order valence-corrected chi connectivity index (χ1v) is 8.97. The smallest absolute Gasteiger partial charge is 0.00909 e. The second kappa shape index (κ2) is 6.12. The molecule has 0 atom stereocenters. The highest BCUT2D eigenvalue weighted by molar-refractivity contribution is 5.37. The van der Waals surface area contributed by atoms with Gasteiger partial charge in [0, 0.05) is 12.0 Å². The Balaban J connectivity index is 1.79. The molecule has 1 spiro atoms. The highest BCUT2D eigenvalue weighted by Gasteiger charge is 2.54. The molecule has 0 aliphatic heterocycles. The SMILES string of the molecule is CCCNCC1(c2ccccc2C)CC2(CCCCC2)C1. The standard InChI is InChI=1S/C20H31N/c1-3-13-21-16-20(18-10-6-5-9-17(18)2)14-19(15-20)11-7-4-8-12-19/h5-6,9-10,21H,3-4,7-8,11-16H2,1-2H3. The maximum atomic E-state index is 3.73. The van der Waals surface area contributed by atoms with Gasteiger partial charge in [0.15, 0.2) is 0 Å². The van der Waals surface area contributed by atoms with Gasteiger partial charge in [0.05, 0.1) is 0 Å². The van der Waals surface area contributed by atoms with E-state index in [4.69, 9.17) is 0 Å². The number of nitrogens with one attached hydrogen (secondary N) is 1. The number of aryl methyl sites for hydroxylation is 1. The number of rotatable bonds is 5. The normalized spacial score (nSPS) is 23.0. The van der Waals surface area contributed by atoms with Gasteiger partial charge in [-0.25, -0.2) is 0 Å². The summed E-state index contributed by atoms with van der Waals surface area (Å²) in [6, 6.07) is 9.10. The van der Waals surface area contributed by atoms with E-state index in [1.165, 1.54) is 63.5 Å². The van der Waals surface area contributed by atoms with Crippen LogP contribution in [0.2, 0.25) is 0 Å². The topological polar surface area (TPSA) is 12.0 Å². The van der Waals surface area contributed by atoms with E-state index in [2.05, 4.69) is 43.4 Å². The third kappa shape index (κ3) is 2.90. The van der Waals surface area contributed by atoms with Crippen molar-refractivity contribution in [1.82, 2.24) is 5.32 Å². The second-order valence-corrected chi connectivity index (χ2v) is 7.69. The van der Waals surface area contributed by atoms with Gasteiger partial charge in [-0.05, 0) is 62.1 Å². The lowest BCUT2D eigenvalue weighted by Gasteiger charge is -2.59. The predicted octanol–water partition coefficient (Wildman–Crippen LogP) is 4.98. The molecule has 0 saturated heterocycles. The van der Waals surface area contributed by atoms with Crippen molar-refractivity contribution in [3.05, 3.63) is 35.4 Å². The molecule has 0 radical (unpaired) electrons. The van der Waals surface area contributed by atoms with Crippen molar-refractivity contribution >= 4 is 0 Å². The fourth-order valence-corrected chi connectivity index (χ4v) is 5.12. The Labute approximate surface area is 130 Å². The van der Waals surface area contributed by atoms with E-state index in [0.717, 1.165) is 6.54 Å². The van der Waals surface area contributed by atoms with Gasteiger partial charge in [0.2, 0.25) is 0 Å². The summed E-state index contributed by atoms with van der Waals surface area (Å²) in [4.78, 5) is 0. The zero-order valence-electron chi connectivity index (χ0n) is 13.9. The van der Waals surface area contributed by atoms with Crippen molar-refractivity contribution in [2.24, 2.45) is 5.41 Å². The largest absolute Gasteiger partial charge is 0.316 e. The maximum Gasteiger partial charge on any atom is 0.00909 e. The molecule has 0 amide bonds. The summed E-state index contributed by atoms with van der Waals surface area (Å²) < 4.78 is 0. The average Bonchev–Trinajstić information content (AvgIpc) is 2.47. The Morgan fingerprint density at radius 3 is 2.43 bits per heavy atom. The highest BCUT2D eigenvalue weighted by Crippen LogP contribution is 2.62. The maximum absolute atomic E-state index is 3.73. The zero-order valence-corrected chi connectivity index (χ0v) is 13.9. The van der Waals surface area contributed by atoms with Gasteiger partial charge in [-0.15, -0.1) is 0 Å². The summed E-state index contributed by atoms with van der Waals surface area (Å²) in [7, 11) is 0. The minimum atomic E-state index is 0.415. The van der Waals surface area contributed by atoms with Gasteiger partial charge in [-0.1, -0.05) is 50.5 Å². The Morgan fingerprint density at radius 2 is 1.76 bits per heavy atom. The first-order chi connectivity index (χ1) is 10.2. The number of benzene rings is 1. The van der Waals surface area contributed by atoms with E-state index < -0.39 is 0 Å². The van der Waals surface area contributed by atoms with Crippen molar-refractivity contribution < 1.29 is 0 Å². The number of hydrogen-bond acceptors (Lipinski definition) is 1. The molecule has 0 aromatic heterocycles. The molecule has 21 heavy (non-hydrogen) atoms. The monoisotopic (exact) mass is 285 g/mol. The molecule has 1 N–H and O–H groups in total. The number of hydrogen-bond donors (Lipinski definition) is 1. The predicted molar refractivity (Wildman–Crippen MR) is 90.8 cm³/mol. The van der Waals surface area contributed by atoms with Crippen LogP contribution in [-0.2, 0) is 5.41 Å². The summed E-state index contributed by atoms with van der Waals surface area (Å²) in [5.41, 5.74) is 4.21. The fraction of sp³-hybridized carbons (Fsp3) is 0.700. The van der Waals surface area contributed by atoms with Crippen LogP contribution in [-0.4, -0.2) is 13.1 Å². The first-order valence-electron chi connectivity index (χ1n) is 8.97. The average molecular weight is 285 g/mol. The van der Waals surface area contributed by atoms with Crippen LogP contribution < -0.4 is 5.32 Å². The Kier molecular flexibility index (Phi) is 4.40. The minimum absolute atomic E-state index is 0.415. The lowest BCUT2D eigenvalue weighted by Crippen LogP contribution is -2.55. The van der Waals surface area contributed by atoms with Crippen molar-refractivity contribution in [1.29, 1.82) is 0 Å². The van der Waals surface area contributed by atoms with Crippen molar-refractivity contribution in [2.45, 2.75) is 70.6 Å². The quantitative estimate of drug-likeness (QED) is 0.753. The van der Waals surface area contributed by atoms with Gasteiger partial charge in [-0.3, -0.25) is 0 Å². The van der Waals surface area contributed by atoms with Gasteiger partial charge in [0.25, 0.3) is 0 Å². The molecular formula is C20H31N. The lowest BCUT2D eigenvalue weighted by molar-refractivity contribution is -0.0129. The van der Waals surface area contributed by atoms with Gasteiger partial charge in [-0.2, -0.15) is 0 Å². The lowest BCUT2D eigenvalue weighted by atomic mass is 9.46. The molecule has 2 aliphatic carbocycles. The fourth-order valence-electron chi connectivity index (χ4n) is 5.12. The highest BCUT2D eigenvalue weighted by atomic mass is 14.9.